The zero-order valence-electron chi connectivity index (χ0n) is 13.4. The predicted molar refractivity (Wildman–Crippen MR) is 91.2 cm³/mol. The summed E-state index contributed by atoms with van der Waals surface area (Å²) in [4.78, 5) is 0. The van der Waals surface area contributed by atoms with E-state index in [1.165, 1.54) is 53.3 Å². The number of nitrogens with one attached hydrogen (secondary N) is 1. The van der Waals surface area contributed by atoms with Crippen molar-refractivity contribution < 1.29 is 0 Å². The fraction of sp³-hybridized carbons (Fsp3) is 0.667. The molecule has 2 heteroatoms. The third kappa shape index (κ3) is 3.28. The molecule has 20 heavy (non-hydrogen) atoms. The van der Waals surface area contributed by atoms with E-state index in [1.807, 2.05) is 0 Å². The molecule has 112 valence electrons. The van der Waals surface area contributed by atoms with Gasteiger partial charge in [-0.05, 0) is 67.8 Å². The predicted octanol–water partition coefficient (Wildman–Crippen LogP) is 5.69. The van der Waals surface area contributed by atoms with Crippen molar-refractivity contribution in [2.45, 2.75) is 65.8 Å². The van der Waals surface area contributed by atoms with Crippen LogP contribution in [0, 0.1) is 19.3 Å². The van der Waals surface area contributed by atoms with Crippen LogP contribution in [0.3, 0.4) is 0 Å². The van der Waals surface area contributed by atoms with Crippen molar-refractivity contribution in [3.05, 3.63) is 33.3 Å². The van der Waals surface area contributed by atoms with Crippen LogP contribution < -0.4 is 5.32 Å². The monoisotopic (exact) mass is 337 g/mol. The summed E-state index contributed by atoms with van der Waals surface area (Å²) < 4.78 is 1.23. The quantitative estimate of drug-likeness (QED) is 0.727. The Morgan fingerprint density at radius 3 is 2.45 bits per heavy atom. The minimum Gasteiger partial charge on any atom is -0.309 e. The van der Waals surface area contributed by atoms with Gasteiger partial charge in [-0.3, -0.25) is 0 Å². The standard InChI is InChI=1S/C18H28BrN/c1-5-10-20-17(18(4)8-6-7-9-18)15-11-14(3)16(19)12-13(15)2/h11-12,17,20H,5-10H2,1-4H3. The van der Waals surface area contributed by atoms with Crippen molar-refractivity contribution >= 4 is 15.9 Å². The first-order valence-corrected chi connectivity index (χ1v) is 8.77. The van der Waals surface area contributed by atoms with Gasteiger partial charge in [0.2, 0.25) is 0 Å². The number of aryl methyl sites for hydroxylation is 2. The van der Waals surface area contributed by atoms with Crippen molar-refractivity contribution in [3.63, 3.8) is 0 Å². The van der Waals surface area contributed by atoms with Crippen LogP contribution in [0.5, 0.6) is 0 Å². The summed E-state index contributed by atoms with van der Waals surface area (Å²) in [6.45, 7) is 10.3. The van der Waals surface area contributed by atoms with E-state index in [0.29, 0.717) is 11.5 Å². The molecule has 1 fully saturated rings. The highest BCUT2D eigenvalue weighted by Gasteiger charge is 2.38. The smallest absolute Gasteiger partial charge is 0.0377 e. The van der Waals surface area contributed by atoms with Gasteiger partial charge < -0.3 is 5.32 Å². The third-order valence-electron chi connectivity index (χ3n) is 4.90. The van der Waals surface area contributed by atoms with E-state index in [-0.39, 0.29) is 0 Å². The Balaban J connectivity index is 2.38. The van der Waals surface area contributed by atoms with Crippen molar-refractivity contribution in [1.82, 2.24) is 5.32 Å². The molecule has 2 rings (SSSR count). The van der Waals surface area contributed by atoms with Crippen molar-refractivity contribution in [2.24, 2.45) is 5.41 Å². The van der Waals surface area contributed by atoms with Crippen LogP contribution in [-0.2, 0) is 0 Å². The fourth-order valence-electron chi connectivity index (χ4n) is 3.61. The SMILES string of the molecule is CCCNC(c1cc(C)c(Br)cc1C)C1(C)CCCC1. The lowest BCUT2D eigenvalue weighted by molar-refractivity contribution is 0.223. The molecule has 0 aromatic heterocycles. The molecule has 1 aromatic rings. The Morgan fingerprint density at radius 1 is 1.20 bits per heavy atom. The van der Waals surface area contributed by atoms with Crippen LogP contribution in [0.15, 0.2) is 16.6 Å². The highest BCUT2D eigenvalue weighted by atomic mass is 79.9. The maximum absolute atomic E-state index is 3.84. The van der Waals surface area contributed by atoms with Crippen LogP contribution in [0.4, 0.5) is 0 Å². The maximum atomic E-state index is 3.84. The van der Waals surface area contributed by atoms with E-state index in [9.17, 15) is 0 Å². The van der Waals surface area contributed by atoms with Gasteiger partial charge in [-0.15, -0.1) is 0 Å². The lowest BCUT2D eigenvalue weighted by Crippen LogP contribution is -2.35. The Kier molecular flexibility index (Phi) is 5.30. The molecule has 1 unspecified atom stereocenters. The second-order valence-electron chi connectivity index (χ2n) is 6.71. The molecule has 0 saturated heterocycles. The number of rotatable bonds is 5. The molecule has 1 aliphatic carbocycles. The molecule has 0 amide bonds. The number of halogens is 1. The van der Waals surface area contributed by atoms with Gasteiger partial charge in [0.1, 0.15) is 0 Å². The molecule has 1 N–H and O–H groups in total. The average Bonchev–Trinajstić information content (AvgIpc) is 2.83. The largest absolute Gasteiger partial charge is 0.309 e. The Labute approximate surface area is 132 Å². The van der Waals surface area contributed by atoms with Crippen LogP contribution in [0.1, 0.15) is 68.7 Å². The van der Waals surface area contributed by atoms with Crippen LogP contribution in [-0.4, -0.2) is 6.54 Å². The molecule has 1 aromatic carbocycles. The minimum absolute atomic E-state index is 0.417. The number of hydrogen-bond acceptors (Lipinski definition) is 1. The van der Waals surface area contributed by atoms with E-state index in [1.54, 1.807) is 0 Å². The summed E-state index contributed by atoms with van der Waals surface area (Å²) in [6.07, 6.45) is 6.66. The van der Waals surface area contributed by atoms with E-state index in [4.69, 9.17) is 0 Å². The second-order valence-corrected chi connectivity index (χ2v) is 7.56. The molecular formula is C18H28BrN. The van der Waals surface area contributed by atoms with Crippen molar-refractivity contribution in [2.75, 3.05) is 6.54 Å². The first kappa shape index (κ1) is 16.0. The third-order valence-corrected chi connectivity index (χ3v) is 5.75. The molecule has 1 saturated carbocycles. The summed E-state index contributed by atoms with van der Waals surface area (Å²) in [6, 6.07) is 5.16. The maximum Gasteiger partial charge on any atom is 0.0377 e. The second kappa shape index (κ2) is 6.62. The van der Waals surface area contributed by atoms with Gasteiger partial charge in [0.15, 0.2) is 0 Å². The van der Waals surface area contributed by atoms with Crippen molar-refractivity contribution in [1.29, 1.82) is 0 Å². The van der Waals surface area contributed by atoms with Gasteiger partial charge in [-0.2, -0.15) is 0 Å². The minimum atomic E-state index is 0.417. The highest BCUT2D eigenvalue weighted by molar-refractivity contribution is 9.10. The zero-order chi connectivity index (χ0) is 14.8. The molecule has 0 heterocycles. The Bertz CT molecular complexity index is 461. The van der Waals surface area contributed by atoms with Crippen LogP contribution in [0.25, 0.3) is 0 Å². The summed E-state index contributed by atoms with van der Waals surface area (Å²) >= 11 is 3.66. The van der Waals surface area contributed by atoms with Crippen LogP contribution >= 0.6 is 15.9 Å². The summed E-state index contributed by atoms with van der Waals surface area (Å²) in [5, 5.41) is 3.84. The highest BCUT2D eigenvalue weighted by Crippen LogP contribution is 2.48. The Morgan fingerprint density at radius 2 is 1.85 bits per heavy atom. The summed E-state index contributed by atoms with van der Waals surface area (Å²) in [5.41, 5.74) is 4.67. The van der Waals surface area contributed by atoms with E-state index >= 15 is 0 Å². The van der Waals surface area contributed by atoms with Gasteiger partial charge in [0.25, 0.3) is 0 Å². The zero-order valence-corrected chi connectivity index (χ0v) is 14.9. The Hall–Kier alpha value is -0.340. The molecule has 1 aliphatic rings. The summed E-state index contributed by atoms with van der Waals surface area (Å²) in [5.74, 6) is 0. The first-order valence-electron chi connectivity index (χ1n) is 7.98. The van der Waals surface area contributed by atoms with Crippen molar-refractivity contribution in [3.8, 4) is 0 Å². The van der Waals surface area contributed by atoms with Gasteiger partial charge in [0.05, 0.1) is 0 Å². The lowest BCUT2D eigenvalue weighted by Gasteiger charge is -2.36. The normalized spacial score (nSPS) is 19.2. The summed E-state index contributed by atoms with van der Waals surface area (Å²) in [7, 11) is 0. The van der Waals surface area contributed by atoms with Crippen LogP contribution in [0.2, 0.25) is 0 Å². The van der Waals surface area contributed by atoms with E-state index in [0.717, 1.165) is 6.54 Å². The molecule has 0 spiro atoms. The fourth-order valence-corrected chi connectivity index (χ4v) is 4.06. The van der Waals surface area contributed by atoms with Gasteiger partial charge in [0, 0.05) is 10.5 Å². The van der Waals surface area contributed by atoms with Gasteiger partial charge in [-0.1, -0.05) is 48.7 Å². The molecule has 0 aliphatic heterocycles. The van der Waals surface area contributed by atoms with E-state index in [2.05, 4.69) is 61.1 Å². The molecular weight excluding hydrogens is 310 g/mol. The topological polar surface area (TPSA) is 12.0 Å². The number of hydrogen-bond donors (Lipinski definition) is 1. The molecule has 0 bridgehead atoms. The van der Waals surface area contributed by atoms with Gasteiger partial charge >= 0.3 is 0 Å². The average molecular weight is 338 g/mol. The number of benzene rings is 1. The molecule has 1 atom stereocenters. The van der Waals surface area contributed by atoms with Gasteiger partial charge in [-0.25, -0.2) is 0 Å². The molecule has 0 radical (unpaired) electrons. The van der Waals surface area contributed by atoms with E-state index < -0.39 is 0 Å². The lowest BCUT2D eigenvalue weighted by atomic mass is 9.76. The molecule has 1 nitrogen and oxygen atoms in total. The first-order chi connectivity index (χ1) is 9.48.